The standard InChI is InChI=1S/C18H21F2N/c1-12(2)8-13-4-3-5-15(9-13)18(21)10-14-6-7-16(19)11-17(14)20/h3-7,9,11-12,18H,8,10,21H2,1-2H3. The monoisotopic (exact) mass is 289 g/mol. The van der Waals surface area contributed by atoms with Crippen molar-refractivity contribution >= 4 is 0 Å². The van der Waals surface area contributed by atoms with Crippen LogP contribution in [0.4, 0.5) is 8.78 Å². The van der Waals surface area contributed by atoms with E-state index in [1.54, 1.807) is 0 Å². The summed E-state index contributed by atoms with van der Waals surface area (Å²) in [5.41, 5.74) is 8.83. The van der Waals surface area contributed by atoms with E-state index in [0.717, 1.165) is 18.1 Å². The van der Waals surface area contributed by atoms with Crippen LogP contribution >= 0.6 is 0 Å². The summed E-state index contributed by atoms with van der Waals surface area (Å²) < 4.78 is 26.6. The molecule has 0 saturated heterocycles. The maximum Gasteiger partial charge on any atom is 0.129 e. The van der Waals surface area contributed by atoms with Gasteiger partial charge in [-0.3, -0.25) is 0 Å². The van der Waals surface area contributed by atoms with E-state index in [1.807, 2.05) is 12.1 Å². The molecule has 0 radical (unpaired) electrons. The van der Waals surface area contributed by atoms with Crippen molar-refractivity contribution in [3.63, 3.8) is 0 Å². The Kier molecular flexibility index (Phi) is 5.07. The minimum Gasteiger partial charge on any atom is -0.324 e. The van der Waals surface area contributed by atoms with Crippen molar-refractivity contribution in [1.82, 2.24) is 0 Å². The lowest BCUT2D eigenvalue weighted by molar-refractivity contribution is 0.563. The quantitative estimate of drug-likeness (QED) is 0.867. The summed E-state index contributed by atoms with van der Waals surface area (Å²) in [7, 11) is 0. The molecule has 0 heterocycles. The van der Waals surface area contributed by atoms with Gasteiger partial charge in [0.1, 0.15) is 11.6 Å². The second kappa shape index (κ2) is 6.81. The SMILES string of the molecule is CC(C)Cc1cccc(C(N)Cc2ccc(F)cc2F)c1. The van der Waals surface area contributed by atoms with Gasteiger partial charge in [0.05, 0.1) is 0 Å². The molecule has 21 heavy (non-hydrogen) atoms. The minimum absolute atomic E-state index is 0.294. The van der Waals surface area contributed by atoms with E-state index in [-0.39, 0.29) is 6.04 Å². The van der Waals surface area contributed by atoms with Crippen LogP contribution in [0.1, 0.15) is 36.6 Å². The lowest BCUT2D eigenvalue weighted by atomic mass is 9.95. The zero-order valence-electron chi connectivity index (χ0n) is 12.4. The molecule has 2 aromatic rings. The van der Waals surface area contributed by atoms with Gasteiger partial charge in [-0.25, -0.2) is 8.78 Å². The summed E-state index contributed by atoms with van der Waals surface area (Å²) in [6.07, 6.45) is 1.35. The van der Waals surface area contributed by atoms with E-state index < -0.39 is 11.6 Å². The minimum atomic E-state index is -0.566. The number of hydrogen-bond donors (Lipinski definition) is 1. The molecule has 0 aromatic heterocycles. The fraction of sp³-hybridized carbons (Fsp3) is 0.333. The van der Waals surface area contributed by atoms with Gasteiger partial charge in [0.15, 0.2) is 0 Å². The number of halogens is 2. The van der Waals surface area contributed by atoms with Crippen molar-refractivity contribution in [2.45, 2.75) is 32.7 Å². The van der Waals surface area contributed by atoms with Gasteiger partial charge in [0, 0.05) is 12.1 Å². The van der Waals surface area contributed by atoms with Gasteiger partial charge in [0.25, 0.3) is 0 Å². The molecule has 2 N–H and O–H groups in total. The van der Waals surface area contributed by atoms with Crippen LogP contribution in [-0.2, 0) is 12.8 Å². The molecule has 2 rings (SSSR count). The summed E-state index contributed by atoms with van der Waals surface area (Å²) in [6.45, 7) is 4.33. The first-order valence-electron chi connectivity index (χ1n) is 7.24. The maximum absolute atomic E-state index is 13.7. The Bertz CT molecular complexity index is 608. The highest BCUT2D eigenvalue weighted by Gasteiger charge is 2.12. The molecule has 1 nitrogen and oxygen atoms in total. The van der Waals surface area contributed by atoms with E-state index in [9.17, 15) is 8.78 Å². The third-order valence-corrected chi connectivity index (χ3v) is 3.48. The van der Waals surface area contributed by atoms with Crippen LogP contribution in [0, 0.1) is 17.6 Å². The third kappa shape index (κ3) is 4.36. The van der Waals surface area contributed by atoms with Crippen molar-refractivity contribution in [3.05, 3.63) is 70.8 Å². The Balaban J connectivity index is 2.14. The Hall–Kier alpha value is -1.74. The van der Waals surface area contributed by atoms with Crippen molar-refractivity contribution in [1.29, 1.82) is 0 Å². The molecule has 0 bridgehead atoms. The predicted molar refractivity (Wildman–Crippen MR) is 82.0 cm³/mol. The highest BCUT2D eigenvalue weighted by molar-refractivity contribution is 5.28. The van der Waals surface area contributed by atoms with Gasteiger partial charge < -0.3 is 5.73 Å². The van der Waals surface area contributed by atoms with Gasteiger partial charge in [-0.05, 0) is 41.5 Å². The summed E-state index contributed by atoms with van der Waals surface area (Å²) in [6, 6.07) is 11.4. The molecule has 0 aliphatic rings. The van der Waals surface area contributed by atoms with Crippen LogP contribution < -0.4 is 5.73 Å². The van der Waals surface area contributed by atoms with Crippen molar-refractivity contribution in [2.75, 3.05) is 0 Å². The van der Waals surface area contributed by atoms with Crippen LogP contribution in [-0.4, -0.2) is 0 Å². The van der Waals surface area contributed by atoms with E-state index >= 15 is 0 Å². The van der Waals surface area contributed by atoms with E-state index in [4.69, 9.17) is 5.73 Å². The molecule has 0 spiro atoms. The second-order valence-electron chi connectivity index (χ2n) is 5.89. The van der Waals surface area contributed by atoms with E-state index in [2.05, 4.69) is 26.0 Å². The highest BCUT2D eigenvalue weighted by Crippen LogP contribution is 2.20. The summed E-state index contributed by atoms with van der Waals surface area (Å²) in [5.74, 6) is -0.529. The van der Waals surface area contributed by atoms with Crippen LogP contribution in [0.15, 0.2) is 42.5 Å². The number of hydrogen-bond acceptors (Lipinski definition) is 1. The Morgan fingerprint density at radius 2 is 1.76 bits per heavy atom. The zero-order chi connectivity index (χ0) is 15.4. The second-order valence-corrected chi connectivity index (χ2v) is 5.89. The first-order chi connectivity index (χ1) is 9.95. The van der Waals surface area contributed by atoms with Gasteiger partial charge in [0.2, 0.25) is 0 Å². The van der Waals surface area contributed by atoms with Gasteiger partial charge in [-0.2, -0.15) is 0 Å². The molecule has 0 aliphatic heterocycles. The van der Waals surface area contributed by atoms with Crippen LogP contribution in [0.25, 0.3) is 0 Å². The first-order valence-corrected chi connectivity index (χ1v) is 7.24. The first kappa shape index (κ1) is 15.6. The number of nitrogens with two attached hydrogens (primary N) is 1. The highest BCUT2D eigenvalue weighted by atomic mass is 19.1. The molecule has 1 atom stereocenters. The summed E-state index contributed by atoms with van der Waals surface area (Å²) in [5, 5.41) is 0. The van der Waals surface area contributed by atoms with E-state index in [1.165, 1.54) is 17.7 Å². The molecule has 0 amide bonds. The number of rotatable bonds is 5. The number of benzene rings is 2. The Morgan fingerprint density at radius 3 is 2.43 bits per heavy atom. The summed E-state index contributed by atoms with van der Waals surface area (Å²) >= 11 is 0. The van der Waals surface area contributed by atoms with Gasteiger partial charge in [-0.15, -0.1) is 0 Å². The zero-order valence-corrected chi connectivity index (χ0v) is 12.4. The maximum atomic E-state index is 13.7. The van der Waals surface area contributed by atoms with Crippen LogP contribution in [0.5, 0.6) is 0 Å². The topological polar surface area (TPSA) is 26.0 Å². The van der Waals surface area contributed by atoms with Crippen LogP contribution in [0.2, 0.25) is 0 Å². The van der Waals surface area contributed by atoms with Crippen molar-refractivity contribution in [3.8, 4) is 0 Å². The van der Waals surface area contributed by atoms with Gasteiger partial charge in [-0.1, -0.05) is 44.2 Å². The van der Waals surface area contributed by atoms with E-state index in [0.29, 0.717) is 17.9 Å². The smallest absolute Gasteiger partial charge is 0.129 e. The Labute approximate surface area is 124 Å². The molecule has 1 unspecified atom stereocenters. The lowest BCUT2D eigenvalue weighted by Gasteiger charge is -2.15. The molecule has 0 aliphatic carbocycles. The lowest BCUT2D eigenvalue weighted by Crippen LogP contribution is -2.14. The van der Waals surface area contributed by atoms with Crippen molar-refractivity contribution in [2.24, 2.45) is 11.7 Å². The third-order valence-electron chi connectivity index (χ3n) is 3.48. The van der Waals surface area contributed by atoms with Gasteiger partial charge >= 0.3 is 0 Å². The fourth-order valence-corrected chi connectivity index (χ4v) is 2.46. The molecular formula is C18H21F2N. The molecular weight excluding hydrogens is 268 g/mol. The summed E-state index contributed by atoms with van der Waals surface area (Å²) in [4.78, 5) is 0. The van der Waals surface area contributed by atoms with Crippen LogP contribution in [0.3, 0.4) is 0 Å². The largest absolute Gasteiger partial charge is 0.324 e. The average Bonchev–Trinajstić information content (AvgIpc) is 2.41. The molecule has 0 fully saturated rings. The predicted octanol–water partition coefficient (Wildman–Crippen LogP) is 4.41. The van der Waals surface area contributed by atoms with Crippen molar-refractivity contribution < 1.29 is 8.78 Å². The molecule has 2 aromatic carbocycles. The average molecular weight is 289 g/mol. The normalized spacial score (nSPS) is 12.7. The Morgan fingerprint density at radius 1 is 1.00 bits per heavy atom. The molecule has 0 saturated carbocycles. The molecule has 112 valence electrons. The molecule has 3 heteroatoms. The fourth-order valence-electron chi connectivity index (χ4n) is 2.46.